The zero-order valence-electron chi connectivity index (χ0n) is 15.0. The Morgan fingerprint density at radius 1 is 1.28 bits per heavy atom. The molecular weight excluding hydrogens is 316 g/mol. The number of amides is 1. The highest BCUT2D eigenvalue weighted by Crippen LogP contribution is 2.36. The smallest absolute Gasteiger partial charge is 0.227 e. The van der Waals surface area contributed by atoms with Crippen LogP contribution in [0.3, 0.4) is 0 Å². The van der Waals surface area contributed by atoms with Gasteiger partial charge in [-0.2, -0.15) is 0 Å². The molecule has 1 aromatic rings. The minimum absolute atomic E-state index is 0.0879. The SMILES string of the molecule is COc1cccc(CN2C[C@H]3OCC[C@H]3[C@H](C(=O)N3CCCC3)C2)c1. The zero-order chi connectivity index (χ0) is 17.2. The van der Waals surface area contributed by atoms with Crippen molar-refractivity contribution >= 4 is 5.91 Å². The molecule has 0 N–H and O–H groups in total. The van der Waals surface area contributed by atoms with Crippen molar-refractivity contribution in [3.8, 4) is 5.75 Å². The number of hydrogen-bond donors (Lipinski definition) is 0. The maximum Gasteiger partial charge on any atom is 0.227 e. The maximum absolute atomic E-state index is 13.1. The zero-order valence-corrected chi connectivity index (χ0v) is 15.0. The number of methoxy groups -OCH3 is 1. The number of likely N-dealkylation sites (tertiary alicyclic amines) is 2. The molecule has 3 aliphatic heterocycles. The van der Waals surface area contributed by atoms with Crippen molar-refractivity contribution in [1.82, 2.24) is 9.80 Å². The summed E-state index contributed by atoms with van der Waals surface area (Å²) in [5, 5.41) is 0. The van der Waals surface area contributed by atoms with Gasteiger partial charge in [-0.05, 0) is 37.0 Å². The normalized spacial score (nSPS) is 29.6. The minimum atomic E-state index is 0.0879. The Bertz CT molecular complexity index is 615. The van der Waals surface area contributed by atoms with E-state index in [1.807, 2.05) is 12.1 Å². The summed E-state index contributed by atoms with van der Waals surface area (Å²) in [6.45, 7) is 5.27. The third kappa shape index (κ3) is 3.53. The Hall–Kier alpha value is -1.59. The Morgan fingerprint density at radius 3 is 2.92 bits per heavy atom. The number of piperidine rings is 1. The number of carbonyl (C=O) groups excluding carboxylic acids is 1. The van der Waals surface area contributed by atoms with E-state index in [-0.39, 0.29) is 12.0 Å². The van der Waals surface area contributed by atoms with E-state index in [2.05, 4.69) is 21.9 Å². The lowest BCUT2D eigenvalue weighted by molar-refractivity contribution is -0.140. The topological polar surface area (TPSA) is 42.0 Å². The van der Waals surface area contributed by atoms with Crippen LogP contribution in [0.25, 0.3) is 0 Å². The molecule has 0 unspecified atom stereocenters. The molecule has 4 rings (SSSR count). The van der Waals surface area contributed by atoms with E-state index in [0.717, 1.165) is 64.3 Å². The van der Waals surface area contributed by atoms with Crippen LogP contribution in [0.4, 0.5) is 0 Å². The fourth-order valence-electron chi connectivity index (χ4n) is 4.65. The van der Waals surface area contributed by atoms with Gasteiger partial charge in [0.15, 0.2) is 0 Å². The van der Waals surface area contributed by atoms with Crippen LogP contribution in [-0.4, -0.2) is 61.7 Å². The van der Waals surface area contributed by atoms with Crippen LogP contribution < -0.4 is 4.74 Å². The summed E-state index contributed by atoms with van der Waals surface area (Å²) in [6.07, 6.45) is 3.53. The average molecular weight is 344 g/mol. The third-order valence-corrected chi connectivity index (χ3v) is 5.95. The third-order valence-electron chi connectivity index (χ3n) is 5.95. The molecule has 3 heterocycles. The Labute approximate surface area is 149 Å². The van der Waals surface area contributed by atoms with E-state index in [1.165, 1.54) is 5.56 Å². The standard InChI is InChI=1S/C20H28N2O3/c1-24-16-6-4-5-15(11-16)12-21-13-18(17-7-10-25-19(17)14-21)20(23)22-8-2-3-9-22/h4-6,11,17-19H,2-3,7-10,12-14H2,1H3/t17-,18+,19+/m0/s1. The van der Waals surface area contributed by atoms with E-state index < -0.39 is 0 Å². The van der Waals surface area contributed by atoms with Crippen LogP contribution in [0.2, 0.25) is 0 Å². The molecule has 0 spiro atoms. The van der Waals surface area contributed by atoms with Gasteiger partial charge in [-0.15, -0.1) is 0 Å². The van der Waals surface area contributed by atoms with Gasteiger partial charge in [-0.25, -0.2) is 0 Å². The largest absolute Gasteiger partial charge is 0.497 e. The summed E-state index contributed by atoms with van der Waals surface area (Å²) < 4.78 is 11.3. The van der Waals surface area contributed by atoms with E-state index in [9.17, 15) is 4.79 Å². The number of fused-ring (bicyclic) bond motifs is 1. The fraction of sp³-hybridized carbons (Fsp3) is 0.650. The molecule has 3 saturated heterocycles. The summed E-state index contributed by atoms with van der Waals surface area (Å²) in [7, 11) is 1.70. The summed E-state index contributed by atoms with van der Waals surface area (Å²) in [5.41, 5.74) is 1.23. The first-order valence-electron chi connectivity index (χ1n) is 9.50. The number of nitrogens with zero attached hydrogens (tertiary/aromatic N) is 2. The van der Waals surface area contributed by atoms with E-state index in [0.29, 0.717) is 11.8 Å². The molecule has 5 heteroatoms. The first kappa shape index (κ1) is 16.9. The van der Waals surface area contributed by atoms with Gasteiger partial charge in [0.25, 0.3) is 0 Å². The minimum Gasteiger partial charge on any atom is -0.497 e. The highest BCUT2D eigenvalue weighted by atomic mass is 16.5. The first-order valence-corrected chi connectivity index (χ1v) is 9.50. The van der Waals surface area contributed by atoms with Gasteiger partial charge in [-0.3, -0.25) is 9.69 Å². The Balaban J connectivity index is 1.48. The molecule has 5 nitrogen and oxygen atoms in total. The van der Waals surface area contributed by atoms with Crippen molar-refractivity contribution in [2.24, 2.45) is 11.8 Å². The van der Waals surface area contributed by atoms with Gasteiger partial charge in [-0.1, -0.05) is 12.1 Å². The lowest BCUT2D eigenvalue weighted by atomic mass is 9.81. The number of benzene rings is 1. The van der Waals surface area contributed by atoms with Crippen molar-refractivity contribution in [2.45, 2.75) is 31.9 Å². The summed E-state index contributed by atoms with van der Waals surface area (Å²) in [5.74, 6) is 1.72. The van der Waals surface area contributed by atoms with Gasteiger partial charge in [0, 0.05) is 45.2 Å². The fourth-order valence-corrected chi connectivity index (χ4v) is 4.65. The van der Waals surface area contributed by atoms with Crippen molar-refractivity contribution in [2.75, 3.05) is 39.9 Å². The predicted octanol–water partition coefficient (Wildman–Crippen LogP) is 2.15. The van der Waals surface area contributed by atoms with Gasteiger partial charge in [0.2, 0.25) is 5.91 Å². The predicted molar refractivity (Wildman–Crippen MR) is 95.4 cm³/mol. The van der Waals surface area contributed by atoms with E-state index in [4.69, 9.17) is 9.47 Å². The molecule has 1 amide bonds. The lowest BCUT2D eigenvalue weighted by Gasteiger charge is -2.40. The number of rotatable bonds is 4. The van der Waals surface area contributed by atoms with Gasteiger partial charge in [0.05, 0.1) is 19.1 Å². The monoisotopic (exact) mass is 344 g/mol. The van der Waals surface area contributed by atoms with Crippen molar-refractivity contribution in [1.29, 1.82) is 0 Å². The molecule has 0 aliphatic carbocycles. The second-order valence-corrected chi connectivity index (χ2v) is 7.55. The second kappa shape index (κ2) is 7.34. The molecule has 0 bridgehead atoms. The van der Waals surface area contributed by atoms with Crippen LogP contribution in [0.15, 0.2) is 24.3 Å². The van der Waals surface area contributed by atoms with Crippen LogP contribution in [0.1, 0.15) is 24.8 Å². The highest BCUT2D eigenvalue weighted by Gasteiger charge is 2.45. The molecule has 0 aromatic heterocycles. The Kier molecular flexibility index (Phi) is 4.95. The first-order chi connectivity index (χ1) is 12.2. The molecule has 0 saturated carbocycles. The lowest BCUT2D eigenvalue weighted by Crippen LogP contribution is -2.52. The van der Waals surface area contributed by atoms with Crippen LogP contribution >= 0.6 is 0 Å². The molecule has 3 atom stereocenters. The van der Waals surface area contributed by atoms with Crippen molar-refractivity contribution < 1.29 is 14.3 Å². The quantitative estimate of drug-likeness (QED) is 0.839. The summed E-state index contributed by atoms with van der Waals surface area (Å²) in [6, 6.07) is 8.20. The van der Waals surface area contributed by atoms with Crippen LogP contribution in [0.5, 0.6) is 5.75 Å². The van der Waals surface area contributed by atoms with Crippen LogP contribution in [0, 0.1) is 11.8 Å². The van der Waals surface area contributed by atoms with Crippen molar-refractivity contribution in [3.05, 3.63) is 29.8 Å². The molecule has 1 aromatic carbocycles. The molecule has 25 heavy (non-hydrogen) atoms. The van der Waals surface area contributed by atoms with Crippen LogP contribution in [-0.2, 0) is 16.1 Å². The molecule has 3 fully saturated rings. The Morgan fingerprint density at radius 2 is 2.12 bits per heavy atom. The molecule has 3 aliphatic rings. The molecule has 0 radical (unpaired) electrons. The van der Waals surface area contributed by atoms with Gasteiger partial charge in [0.1, 0.15) is 5.75 Å². The summed E-state index contributed by atoms with van der Waals surface area (Å²) >= 11 is 0. The number of hydrogen-bond acceptors (Lipinski definition) is 4. The maximum atomic E-state index is 13.1. The number of carbonyl (C=O) groups is 1. The molecule has 136 valence electrons. The van der Waals surface area contributed by atoms with Gasteiger partial charge < -0.3 is 14.4 Å². The summed E-state index contributed by atoms with van der Waals surface area (Å²) in [4.78, 5) is 17.5. The van der Waals surface area contributed by atoms with E-state index in [1.54, 1.807) is 7.11 Å². The molecular formula is C20H28N2O3. The average Bonchev–Trinajstić information content (AvgIpc) is 3.32. The second-order valence-electron chi connectivity index (χ2n) is 7.55. The van der Waals surface area contributed by atoms with E-state index >= 15 is 0 Å². The van der Waals surface area contributed by atoms with Gasteiger partial charge >= 0.3 is 0 Å². The number of ether oxygens (including phenoxy) is 2. The van der Waals surface area contributed by atoms with Crippen molar-refractivity contribution in [3.63, 3.8) is 0 Å². The highest BCUT2D eigenvalue weighted by molar-refractivity contribution is 5.80.